The number of nitriles is 2. The maximum Gasteiger partial charge on any atom is 0.250 e. The molecule has 0 bridgehead atoms. The number of nitrogens with zero attached hydrogens (tertiary/aromatic N) is 3. The van der Waals surface area contributed by atoms with Crippen LogP contribution in [0.15, 0.2) is 24.3 Å². The summed E-state index contributed by atoms with van der Waals surface area (Å²) in [4.78, 5) is 17.7. The van der Waals surface area contributed by atoms with E-state index in [9.17, 15) is 4.79 Å². The lowest BCUT2D eigenvalue weighted by atomic mass is 10.0. The van der Waals surface area contributed by atoms with Crippen molar-refractivity contribution in [3.8, 4) is 12.1 Å². The van der Waals surface area contributed by atoms with Crippen molar-refractivity contribution in [1.82, 2.24) is 5.06 Å². The van der Waals surface area contributed by atoms with Gasteiger partial charge in [-0.1, -0.05) is 19.1 Å². The number of hydrogen-bond donors (Lipinski definition) is 0. The van der Waals surface area contributed by atoms with Crippen molar-refractivity contribution in [2.45, 2.75) is 25.8 Å². The second-order valence-corrected chi connectivity index (χ2v) is 4.80. The zero-order valence-electron chi connectivity index (χ0n) is 11.2. The van der Waals surface area contributed by atoms with E-state index in [1.165, 1.54) is 5.06 Å². The SMILES string of the molecule is C[C@@H](CC#N)C(=O)N1OCC[C@H]1c1ccc(C#N)cc1. The standard InChI is InChI=1S/C15H15N3O2/c1-11(6-8-16)15(19)18-14(7-9-20-18)13-4-2-12(10-17)3-5-13/h2-5,11,14H,6-7,9H2,1H3/t11-,14-/m0/s1. The van der Waals surface area contributed by atoms with Gasteiger partial charge in [-0.15, -0.1) is 0 Å². The fourth-order valence-corrected chi connectivity index (χ4v) is 2.21. The highest BCUT2D eigenvalue weighted by atomic mass is 16.7. The molecule has 1 saturated heterocycles. The predicted octanol–water partition coefficient (Wildman–Crippen LogP) is 2.31. The summed E-state index contributed by atoms with van der Waals surface area (Å²) < 4.78 is 0. The molecule has 2 atom stereocenters. The molecule has 1 aromatic rings. The first kappa shape index (κ1) is 14.0. The molecule has 1 amide bonds. The number of carbonyl (C=O) groups is 1. The number of amides is 1. The van der Waals surface area contributed by atoms with Gasteiger partial charge in [-0.3, -0.25) is 9.63 Å². The van der Waals surface area contributed by atoms with Gasteiger partial charge in [0, 0.05) is 12.8 Å². The molecule has 0 saturated carbocycles. The topological polar surface area (TPSA) is 77.1 Å². The first-order chi connectivity index (χ1) is 9.67. The van der Waals surface area contributed by atoms with Crippen LogP contribution >= 0.6 is 0 Å². The van der Waals surface area contributed by atoms with E-state index in [0.717, 1.165) is 12.0 Å². The summed E-state index contributed by atoms with van der Waals surface area (Å²) in [5.41, 5.74) is 1.53. The Labute approximate surface area is 117 Å². The van der Waals surface area contributed by atoms with Crippen LogP contribution in [0.2, 0.25) is 0 Å². The van der Waals surface area contributed by atoms with Crippen LogP contribution in [-0.2, 0) is 9.63 Å². The van der Waals surface area contributed by atoms with Crippen molar-refractivity contribution in [1.29, 1.82) is 10.5 Å². The molecule has 0 aromatic heterocycles. The number of carbonyl (C=O) groups excluding carboxylic acids is 1. The van der Waals surface area contributed by atoms with Crippen molar-refractivity contribution in [2.24, 2.45) is 5.92 Å². The van der Waals surface area contributed by atoms with Gasteiger partial charge in [0.2, 0.25) is 0 Å². The van der Waals surface area contributed by atoms with Gasteiger partial charge in [0.25, 0.3) is 5.91 Å². The van der Waals surface area contributed by atoms with E-state index in [-0.39, 0.29) is 24.3 Å². The minimum absolute atomic E-state index is 0.142. The fraction of sp³-hybridized carbons (Fsp3) is 0.400. The molecule has 0 aliphatic carbocycles. The van der Waals surface area contributed by atoms with E-state index >= 15 is 0 Å². The molecule has 5 nitrogen and oxygen atoms in total. The van der Waals surface area contributed by atoms with Crippen LogP contribution in [0.3, 0.4) is 0 Å². The molecule has 20 heavy (non-hydrogen) atoms. The largest absolute Gasteiger partial charge is 0.272 e. The molecule has 1 aliphatic heterocycles. The normalized spacial score (nSPS) is 19.1. The van der Waals surface area contributed by atoms with Crippen LogP contribution in [-0.4, -0.2) is 17.6 Å². The molecule has 2 rings (SSSR count). The molecule has 5 heteroatoms. The molecule has 1 aromatic carbocycles. The monoisotopic (exact) mass is 269 g/mol. The molecule has 0 spiro atoms. The Bertz CT molecular complexity index is 568. The van der Waals surface area contributed by atoms with Crippen LogP contribution in [0, 0.1) is 28.6 Å². The average Bonchev–Trinajstić information content (AvgIpc) is 2.96. The summed E-state index contributed by atoms with van der Waals surface area (Å²) in [6.45, 7) is 2.21. The molecule has 1 heterocycles. The Hall–Kier alpha value is -2.37. The van der Waals surface area contributed by atoms with Crippen molar-refractivity contribution in [3.63, 3.8) is 0 Å². The number of benzene rings is 1. The molecular formula is C15H15N3O2. The molecule has 0 unspecified atom stereocenters. The first-order valence-electron chi connectivity index (χ1n) is 6.50. The maximum absolute atomic E-state index is 12.2. The van der Waals surface area contributed by atoms with E-state index < -0.39 is 0 Å². The highest BCUT2D eigenvalue weighted by molar-refractivity contribution is 5.78. The van der Waals surface area contributed by atoms with Crippen LogP contribution in [0.4, 0.5) is 0 Å². The van der Waals surface area contributed by atoms with E-state index in [0.29, 0.717) is 12.2 Å². The Balaban J connectivity index is 2.16. The van der Waals surface area contributed by atoms with Crippen molar-refractivity contribution >= 4 is 5.91 Å². The van der Waals surface area contributed by atoms with Gasteiger partial charge in [-0.2, -0.15) is 10.5 Å². The number of hydroxylamine groups is 2. The third-order valence-corrected chi connectivity index (χ3v) is 3.37. The van der Waals surface area contributed by atoms with Crippen LogP contribution in [0.1, 0.15) is 36.9 Å². The van der Waals surface area contributed by atoms with Crippen LogP contribution < -0.4 is 0 Å². The highest BCUT2D eigenvalue weighted by Crippen LogP contribution is 2.31. The van der Waals surface area contributed by atoms with Gasteiger partial charge >= 0.3 is 0 Å². The summed E-state index contributed by atoms with van der Waals surface area (Å²) in [5.74, 6) is -0.544. The van der Waals surface area contributed by atoms with E-state index in [4.69, 9.17) is 15.4 Å². The van der Waals surface area contributed by atoms with Gasteiger partial charge in [0.1, 0.15) is 0 Å². The van der Waals surface area contributed by atoms with Crippen molar-refractivity contribution < 1.29 is 9.63 Å². The molecular weight excluding hydrogens is 254 g/mol. The van der Waals surface area contributed by atoms with Gasteiger partial charge in [0.15, 0.2) is 0 Å². The highest BCUT2D eigenvalue weighted by Gasteiger charge is 2.33. The first-order valence-corrected chi connectivity index (χ1v) is 6.50. The fourth-order valence-electron chi connectivity index (χ4n) is 2.21. The summed E-state index contributed by atoms with van der Waals surface area (Å²) >= 11 is 0. The Kier molecular flexibility index (Phi) is 4.34. The third kappa shape index (κ3) is 2.79. The van der Waals surface area contributed by atoms with Gasteiger partial charge in [-0.25, -0.2) is 5.06 Å². The van der Waals surface area contributed by atoms with Gasteiger partial charge in [-0.05, 0) is 17.7 Å². The average molecular weight is 269 g/mol. The molecule has 0 radical (unpaired) electrons. The minimum Gasteiger partial charge on any atom is -0.272 e. The van der Waals surface area contributed by atoms with Gasteiger partial charge in [0.05, 0.1) is 36.3 Å². The Morgan fingerprint density at radius 3 is 2.75 bits per heavy atom. The summed E-state index contributed by atoms with van der Waals surface area (Å²) in [6.07, 6.45) is 0.899. The van der Waals surface area contributed by atoms with Crippen LogP contribution in [0.5, 0.6) is 0 Å². The lowest BCUT2D eigenvalue weighted by molar-refractivity contribution is -0.181. The van der Waals surface area contributed by atoms with Crippen LogP contribution in [0.25, 0.3) is 0 Å². The van der Waals surface area contributed by atoms with Crippen molar-refractivity contribution in [2.75, 3.05) is 6.61 Å². The van der Waals surface area contributed by atoms with Crippen molar-refractivity contribution in [3.05, 3.63) is 35.4 Å². The predicted molar refractivity (Wildman–Crippen MR) is 70.7 cm³/mol. The Morgan fingerprint density at radius 2 is 2.15 bits per heavy atom. The Morgan fingerprint density at radius 1 is 1.45 bits per heavy atom. The third-order valence-electron chi connectivity index (χ3n) is 3.37. The number of rotatable bonds is 3. The quantitative estimate of drug-likeness (QED) is 0.843. The maximum atomic E-state index is 12.2. The lowest BCUT2D eigenvalue weighted by Gasteiger charge is -2.25. The van der Waals surface area contributed by atoms with E-state index in [2.05, 4.69) is 6.07 Å². The molecule has 102 valence electrons. The van der Waals surface area contributed by atoms with E-state index in [1.54, 1.807) is 19.1 Å². The molecule has 0 N–H and O–H groups in total. The zero-order chi connectivity index (χ0) is 14.5. The second kappa shape index (κ2) is 6.18. The summed E-state index contributed by atoms with van der Waals surface area (Å²) in [6, 6.07) is 11.1. The lowest BCUT2D eigenvalue weighted by Crippen LogP contribution is -2.33. The smallest absolute Gasteiger partial charge is 0.250 e. The second-order valence-electron chi connectivity index (χ2n) is 4.80. The number of hydrogen-bond acceptors (Lipinski definition) is 4. The molecule has 1 fully saturated rings. The summed E-state index contributed by atoms with van der Waals surface area (Å²) in [5, 5.41) is 18.9. The van der Waals surface area contributed by atoms with E-state index in [1.807, 2.05) is 18.2 Å². The minimum atomic E-state index is -0.376. The zero-order valence-corrected chi connectivity index (χ0v) is 11.2. The summed E-state index contributed by atoms with van der Waals surface area (Å²) in [7, 11) is 0. The van der Waals surface area contributed by atoms with Gasteiger partial charge < -0.3 is 0 Å². The molecule has 1 aliphatic rings.